The van der Waals surface area contributed by atoms with Gasteiger partial charge in [0.2, 0.25) is 0 Å². The van der Waals surface area contributed by atoms with Gasteiger partial charge in [-0.1, -0.05) is 42.5 Å². The van der Waals surface area contributed by atoms with Crippen LogP contribution >= 0.6 is 0 Å². The number of alkyl halides is 3. The largest absolute Gasteiger partial charge is 0.490 e. The Labute approximate surface area is 201 Å². The lowest BCUT2D eigenvalue weighted by Gasteiger charge is -2.51. The topological polar surface area (TPSA) is 51.7 Å². The second kappa shape index (κ2) is 9.24. The summed E-state index contributed by atoms with van der Waals surface area (Å²) in [6, 6.07) is 19.1. The number of piperidine rings is 1. The van der Waals surface area contributed by atoms with Crippen molar-refractivity contribution >= 4 is 6.09 Å². The molecule has 35 heavy (non-hydrogen) atoms. The molecule has 0 bridgehead atoms. The van der Waals surface area contributed by atoms with Gasteiger partial charge in [0, 0.05) is 19.3 Å². The van der Waals surface area contributed by atoms with E-state index in [2.05, 4.69) is 29.2 Å². The van der Waals surface area contributed by atoms with Gasteiger partial charge in [0.25, 0.3) is 0 Å². The predicted molar refractivity (Wildman–Crippen MR) is 124 cm³/mol. The fraction of sp³-hybridized carbons (Fsp3) is 0.333. The van der Waals surface area contributed by atoms with Crippen molar-refractivity contribution in [2.24, 2.45) is 5.41 Å². The van der Waals surface area contributed by atoms with E-state index in [4.69, 9.17) is 9.47 Å². The molecule has 1 amide bonds. The minimum atomic E-state index is -4.54. The van der Waals surface area contributed by atoms with E-state index in [1.807, 2.05) is 30.3 Å². The molecule has 1 saturated heterocycles. The summed E-state index contributed by atoms with van der Waals surface area (Å²) in [5, 5.41) is 0. The summed E-state index contributed by atoms with van der Waals surface area (Å²) in [6.07, 6.45) is 0.249. The van der Waals surface area contributed by atoms with E-state index in [9.17, 15) is 18.0 Å². The van der Waals surface area contributed by atoms with Crippen molar-refractivity contribution in [1.82, 2.24) is 9.88 Å². The highest BCUT2D eigenvalue weighted by molar-refractivity contribution is 5.70. The molecular weight excluding hydrogens is 457 g/mol. The molecule has 2 aliphatic rings. The Balaban J connectivity index is 1.09. The van der Waals surface area contributed by atoms with Gasteiger partial charge < -0.3 is 14.4 Å². The van der Waals surface area contributed by atoms with Gasteiger partial charge in [-0.2, -0.15) is 13.2 Å². The molecule has 1 saturated carbocycles. The summed E-state index contributed by atoms with van der Waals surface area (Å²) < 4.78 is 49.8. The molecule has 1 aromatic heterocycles. The van der Waals surface area contributed by atoms with E-state index in [0.717, 1.165) is 54.8 Å². The third-order valence-corrected chi connectivity index (χ3v) is 6.91. The fourth-order valence-electron chi connectivity index (χ4n) is 4.91. The molecular formula is C27H25F3N2O3. The number of aromatic nitrogens is 1. The molecule has 182 valence electrons. The number of likely N-dealkylation sites (tertiary alicyclic amines) is 1. The van der Waals surface area contributed by atoms with Crippen LogP contribution in [-0.4, -0.2) is 35.2 Å². The molecule has 0 N–H and O–H groups in total. The molecule has 0 atom stereocenters. The normalized spacial score (nSPS) is 17.6. The Kier molecular flexibility index (Phi) is 6.13. The first kappa shape index (κ1) is 23.2. The first-order valence-electron chi connectivity index (χ1n) is 11.6. The van der Waals surface area contributed by atoms with Crippen molar-refractivity contribution in [2.45, 2.75) is 38.0 Å². The molecule has 5 rings (SSSR count). The van der Waals surface area contributed by atoms with E-state index in [0.29, 0.717) is 19.3 Å². The number of hydrogen-bond donors (Lipinski definition) is 0. The van der Waals surface area contributed by atoms with Gasteiger partial charge in [0.05, 0.1) is 17.9 Å². The van der Waals surface area contributed by atoms with Gasteiger partial charge in [-0.15, -0.1) is 0 Å². The van der Waals surface area contributed by atoms with Crippen LogP contribution in [0.25, 0.3) is 11.1 Å². The molecule has 2 heterocycles. The second-order valence-electron chi connectivity index (χ2n) is 9.30. The minimum absolute atomic E-state index is 0.142. The van der Waals surface area contributed by atoms with Crippen molar-refractivity contribution in [2.75, 3.05) is 13.1 Å². The molecule has 0 unspecified atom stereocenters. The SMILES string of the molecule is O=C(Oc1cncc(C(F)(F)F)c1)N1CCC2(CC1)CC(Oc1ccc(-c3ccccc3)cc1)C2. The highest BCUT2D eigenvalue weighted by atomic mass is 19.4. The number of halogens is 3. The first-order chi connectivity index (χ1) is 16.8. The van der Waals surface area contributed by atoms with E-state index in [-0.39, 0.29) is 17.3 Å². The minimum Gasteiger partial charge on any atom is -0.490 e. The highest BCUT2D eigenvalue weighted by Crippen LogP contribution is 2.50. The maximum Gasteiger partial charge on any atom is 0.418 e. The summed E-state index contributed by atoms with van der Waals surface area (Å²) >= 11 is 0. The molecule has 1 aliphatic heterocycles. The summed E-state index contributed by atoms with van der Waals surface area (Å²) in [7, 11) is 0. The third kappa shape index (κ3) is 5.26. The lowest BCUT2D eigenvalue weighted by molar-refractivity contribution is -0.137. The van der Waals surface area contributed by atoms with Crippen LogP contribution in [-0.2, 0) is 6.18 Å². The van der Waals surface area contributed by atoms with E-state index in [1.54, 1.807) is 4.90 Å². The maximum atomic E-state index is 12.8. The van der Waals surface area contributed by atoms with Crippen molar-refractivity contribution in [3.8, 4) is 22.6 Å². The van der Waals surface area contributed by atoms with E-state index >= 15 is 0 Å². The quantitative estimate of drug-likeness (QED) is 0.421. The van der Waals surface area contributed by atoms with Gasteiger partial charge in [0.15, 0.2) is 5.75 Å². The van der Waals surface area contributed by atoms with Crippen LogP contribution in [0.3, 0.4) is 0 Å². The molecule has 2 aromatic carbocycles. The van der Waals surface area contributed by atoms with Gasteiger partial charge in [0.1, 0.15) is 5.75 Å². The number of carbonyl (C=O) groups is 1. The van der Waals surface area contributed by atoms with Gasteiger partial charge >= 0.3 is 12.3 Å². The number of rotatable bonds is 4. The Morgan fingerprint density at radius 1 is 0.914 bits per heavy atom. The number of amides is 1. The third-order valence-electron chi connectivity index (χ3n) is 6.91. The van der Waals surface area contributed by atoms with Crippen LogP contribution in [0.15, 0.2) is 73.1 Å². The number of pyridine rings is 1. The molecule has 2 fully saturated rings. The number of nitrogens with zero attached hydrogens (tertiary/aromatic N) is 2. The van der Waals surface area contributed by atoms with Gasteiger partial charge in [-0.05, 0) is 60.4 Å². The number of carbonyl (C=O) groups excluding carboxylic acids is 1. The average Bonchev–Trinajstić information content (AvgIpc) is 2.84. The zero-order chi connectivity index (χ0) is 24.5. The van der Waals surface area contributed by atoms with Crippen molar-refractivity contribution in [1.29, 1.82) is 0 Å². The Morgan fingerprint density at radius 3 is 2.23 bits per heavy atom. The fourth-order valence-corrected chi connectivity index (χ4v) is 4.91. The highest BCUT2D eigenvalue weighted by Gasteiger charge is 2.47. The van der Waals surface area contributed by atoms with E-state index < -0.39 is 17.8 Å². The summed E-state index contributed by atoms with van der Waals surface area (Å²) in [5.41, 5.74) is 1.50. The smallest absolute Gasteiger partial charge is 0.418 e. The lowest BCUT2D eigenvalue weighted by Crippen LogP contribution is -2.52. The summed E-state index contributed by atoms with van der Waals surface area (Å²) in [4.78, 5) is 17.5. The zero-order valence-electron chi connectivity index (χ0n) is 19.0. The Hall–Kier alpha value is -3.55. The lowest BCUT2D eigenvalue weighted by atomic mass is 9.61. The number of ether oxygens (including phenoxy) is 2. The van der Waals surface area contributed by atoms with Crippen LogP contribution in [0.2, 0.25) is 0 Å². The summed E-state index contributed by atoms with van der Waals surface area (Å²) in [6.45, 7) is 1.01. The van der Waals surface area contributed by atoms with Gasteiger partial charge in [-0.3, -0.25) is 4.98 Å². The molecule has 0 radical (unpaired) electrons. The first-order valence-corrected chi connectivity index (χ1v) is 11.6. The van der Waals surface area contributed by atoms with Gasteiger partial charge in [-0.25, -0.2) is 4.79 Å². The Morgan fingerprint density at radius 2 is 1.57 bits per heavy atom. The predicted octanol–water partition coefficient (Wildman–Crippen LogP) is 6.59. The average molecular weight is 483 g/mol. The monoisotopic (exact) mass is 482 g/mol. The standard InChI is InChI=1S/C27H25F3N2O3/c28-27(29,30)21-14-23(18-31-17-21)35-25(33)32-12-10-26(11-13-32)15-24(16-26)34-22-8-6-20(7-9-22)19-4-2-1-3-5-19/h1-9,14,17-18,24H,10-13,15-16H2. The van der Waals surface area contributed by atoms with Crippen LogP contribution in [0.5, 0.6) is 11.5 Å². The van der Waals surface area contributed by atoms with Crippen molar-refractivity contribution in [3.63, 3.8) is 0 Å². The van der Waals surface area contributed by atoms with E-state index in [1.165, 1.54) is 0 Å². The second-order valence-corrected chi connectivity index (χ2v) is 9.30. The zero-order valence-corrected chi connectivity index (χ0v) is 19.0. The maximum absolute atomic E-state index is 12.8. The van der Waals surface area contributed by atoms with Crippen molar-refractivity contribution < 1.29 is 27.4 Å². The number of hydrogen-bond acceptors (Lipinski definition) is 4. The molecule has 8 heteroatoms. The van der Waals surface area contributed by atoms with Crippen LogP contribution in [0.4, 0.5) is 18.0 Å². The molecule has 3 aromatic rings. The molecule has 1 aliphatic carbocycles. The van der Waals surface area contributed by atoms with Crippen LogP contribution in [0.1, 0.15) is 31.2 Å². The van der Waals surface area contributed by atoms with Crippen LogP contribution in [0, 0.1) is 5.41 Å². The Bertz CT molecular complexity index is 1170. The number of benzene rings is 2. The molecule has 5 nitrogen and oxygen atoms in total. The van der Waals surface area contributed by atoms with Crippen LogP contribution < -0.4 is 9.47 Å². The molecule has 1 spiro atoms. The van der Waals surface area contributed by atoms with Crippen molar-refractivity contribution in [3.05, 3.63) is 78.6 Å². The summed E-state index contributed by atoms with van der Waals surface area (Å²) in [5.74, 6) is 0.640.